The van der Waals surface area contributed by atoms with Gasteiger partial charge >= 0.3 is 12.1 Å². The van der Waals surface area contributed by atoms with E-state index in [0.29, 0.717) is 29.4 Å². The van der Waals surface area contributed by atoms with E-state index in [0.717, 1.165) is 62.9 Å². The van der Waals surface area contributed by atoms with Gasteiger partial charge in [0.2, 0.25) is 5.91 Å². The van der Waals surface area contributed by atoms with Crippen molar-refractivity contribution in [3.05, 3.63) is 64.7 Å². The Hall–Kier alpha value is -3.07. The monoisotopic (exact) mass is 572 g/mol. The van der Waals surface area contributed by atoms with Crippen molar-refractivity contribution >= 4 is 11.9 Å². The Balaban J connectivity index is 1.23. The van der Waals surface area contributed by atoms with E-state index in [1.807, 2.05) is 12.1 Å². The molecule has 0 spiro atoms. The number of halogens is 3. The molecule has 0 radical (unpaired) electrons. The molecule has 6 nitrogen and oxygen atoms in total. The number of piperidine rings is 1. The maximum absolute atomic E-state index is 14.0. The number of nitrogens with zero attached hydrogens (tertiary/aromatic N) is 2. The maximum atomic E-state index is 14.0. The van der Waals surface area contributed by atoms with Crippen molar-refractivity contribution in [3.63, 3.8) is 0 Å². The SMILES string of the molecule is CCOC(=O)c1cccc(C2CCN(C3CCC(C(=O)N4COc5ccc(C(F)(F)F)cc5C4)(C(C)C)C3)CC2)c1. The molecule has 3 aliphatic rings. The molecule has 2 heterocycles. The summed E-state index contributed by atoms with van der Waals surface area (Å²) in [5.74, 6) is 0.539. The number of alkyl halides is 3. The number of hydrogen-bond acceptors (Lipinski definition) is 5. The third kappa shape index (κ3) is 5.96. The lowest BCUT2D eigenvalue weighted by atomic mass is 9.74. The molecular formula is C32H39F3N2O4. The van der Waals surface area contributed by atoms with E-state index >= 15 is 0 Å². The van der Waals surface area contributed by atoms with Crippen LogP contribution >= 0.6 is 0 Å². The molecule has 1 amide bonds. The molecule has 41 heavy (non-hydrogen) atoms. The van der Waals surface area contributed by atoms with E-state index in [4.69, 9.17) is 9.47 Å². The number of amides is 1. The Kier molecular flexibility index (Phi) is 8.37. The first-order valence-electron chi connectivity index (χ1n) is 14.6. The van der Waals surface area contributed by atoms with E-state index in [9.17, 15) is 22.8 Å². The van der Waals surface area contributed by atoms with E-state index in [1.54, 1.807) is 17.9 Å². The minimum Gasteiger partial charge on any atom is -0.473 e. The van der Waals surface area contributed by atoms with Crippen LogP contribution in [0.4, 0.5) is 13.2 Å². The van der Waals surface area contributed by atoms with E-state index < -0.39 is 17.2 Å². The molecule has 2 atom stereocenters. The zero-order chi connectivity index (χ0) is 29.4. The lowest BCUT2D eigenvalue weighted by Gasteiger charge is -2.41. The Labute approximate surface area is 239 Å². The van der Waals surface area contributed by atoms with Gasteiger partial charge < -0.3 is 19.3 Å². The van der Waals surface area contributed by atoms with Crippen molar-refractivity contribution in [1.29, 1.82) is 0 Å². The first-order chi connectivity index (χ1) is 19.5. The first-order valence-corrected chi connectivity index (χ1v) is 14.6. The maximum Gasteiger partial charge on any atom is 0.416 e. The molecule has 9 heteroatoms. The molecule has 222 valence electrons. The molecule has 2 aliphatic heterocycles. The Morgan fingerprint density at radius 2 is 1.85 bits per heavy atom. The summed E-state index contributed by atoms with van der Waals surface area (Å²) < 4.78 is 50.8. The summed E-state index contributed by atoms with van der Waals surface area (Å²) in [4.78, 5) is 30.3. The molecule has 2 unspecified atom stereocenters. The van der Waals surface area contributed by atoms with Crippen LogP contribution in [0.3, 0.4) is 0 Å². The summed E-state index contributed by atoms with van der Waals surface area (Å²) in [5, 5.41) is 0. The van der Waals surface area contributed by atoms with Gasteiger partial charge in [0.25, 0.3) is 0 Å². The number of esters is 1. The highest BCUT2D eigenvalue weighted by Gasteiger charge is 2.51. The Morgan fingerprint density at radius 3 is 2.54 bits per heavy atom. The fraction of sp³-hybridized carbons (Fsp3) is 0.562. The largest absolute Gasteiger partial charge is 0.473 e. The normalized spacial score (nSPS) is 23.8. The number of carbonyl (C=O) groups excluding carboxylic acids is 2. The summed E-state index contributed by atoms with van der Waals surface area (Å²) >= 11 is 0. The van der Waals surface area contributed by atoms with Crippen LogP contribution in [0.5, 0.6) is 5.75 Å². The second-order valence-electron chi connectivity index (χ2n) is 12.0. The van der Waals surface area contributed by atoms with Gasteiger partial charge in [0.05, 0.1) is 29.7 Å². The zero-order valence-corrected chi connectivity index (χ0v) is 24.0. The summed E-state index contributed by atoms with van der Waals surface area (Å²) in [6.45, 7) is 8.30. The number of likely N-dealkylation sites (tertiary alicyclic amines) is 1. The second kappa shape index (κ2) is 11.7. The van der Waals surface area contributed by atoms with Gasteiger partial charge in [-0.05, 0) is 99.8 Å². The fourth-order valence-corrected chi connectivity index (χ4v) is 6.92. The van der Waals surface area contributed by atoms with E-state index in [1.165, 1.54) is 6.07 Å². The lowest BCUT2D eigenvalue weighted by molar-refractivity contribution is -0.150. The average molecular weight is 573 g/mol. The number of ether oxygens (including phenoxy) is 2. The molecule has 0 aromatic heterocycles. The molecular weight excluding hydrogens is 533 g/mol. The molecule has 1 saturated carbocycles. The van der Waals surface area contributed by atoms with Gasteiger partial charge in [0.1, 0.15) is 5.75 Å². The van der Waals surface area contributed by atoms with Crippen LogP contribution in [-0.2, 0) is 22.3 Å². The first kappa shape index (κ1) is 29.4. The molecule has 5 rings (SSSR count). The van der Waals surface area contributed by atoms with Crippen LogP contribution in [0.1, 0.15) is 85.8 Å². The summed E-state index contributed by atoms with van der Waals surface area (Å²) in [6, 6.07) is 11.5. The predicted octanol–water partition coefficient (Wildman–Crippen LogP) is 6.64. The highest BCUT2D eigenvalue weighted by atomic mass is 19.4. The van der Waals surface area contributed by atoms with Crippen LogP contribution in [0.15, 0.2) is 42.5 Å². The molecule has 1 aliphatic carbocycles. The van der Waals surface area contributed by atoms with Crippen LogP contribution in [0, 0.1) is 11.3 Å². The van der Waals surface area contributed by atoms with Crippen molar-refractivity contribution in [1.82, 2.24) is 9.80 Å². The van der Waals surface area contributed by atoms with Gasteiger partial charge in [-0.2, -0.15) is 13.2 Å². The standard InChI is InChI=1S/C32H39F3N2O4/c1-4-40-29(38)24-7-5-6-23(16-24)22-11-14-36(15-12-22)27-10-13-31(18-27,21(2)3)30(39)37-19-25-17-26(32(33,34)35)8-9-28(25)41-20-37/h5-9,16-17,21-22,27H,4,10-15,18-20H2,1-3H3. The van der Waals surface area contributed by atoms with Crippen molar-refractivity contribution in [2.75, 3.05) is 26.4 Å². The van der Waals surface area contributed by atoms with Crippen molar-refractivity contribution in [2.24, 2.45) is 11.3 Å². The summed E-state index contributed by atoms with van der Waals surface area (Å²) in [5.41, 5.74) is 0.832. The van der Waals surface area contributed by atoms with Gasteiger partial charge in [-0.25, -0.2) is 4.79 Å². The van der Waals surface area contributed by atoms with Crippen LogP contribution in [0.2, 0.25) is 0 Å². The number of fused-ring (bicyclic) bond motifs is 1. The predicted molar refractivity (Wildman–Crippen MR) is 148 cm³/mol. The topological polar surface area (TPSA) is 59.1 Å². The molecule has 2 aromatic rings. The van der Waals surface area contributed by atoms with Gasteiger partial charge in [0.15, 0.2) is 6.73 Å². The molecule has 1 saturated heterocycles. The Bertz CT molecular complexity index is 1270. The molecule has 0 N–H and O–H groups in total. The highest BCUT2D eigenvalue weighted by Crippen LogP contribution is 2.49. The third-order valence-corrected chi connectivity index (χ3v) is 9.38. The molecule has 0 bridgehead atoms. The number of hydrogen-bond donors (Lipinski definition) is 0. The van der Waals surface area contributed by atoms with Gasteiger partial charge in [-0.1, -0.05) is 26.0 Å². The van der Waals surface area contributed by atoms with Crippen LogP contribution in [0.25, 0.3) is 0 Å². The Morgan fingerprint density at radius 1 is 1.10 bits per heavy atom. The minimum absolute atomic E-state index is 0.0243. The lowest BCUT2D eigenvalue weighted by Crippen LogP contribution is -2.49. The number of benzene rings is 2. The molecule has 2 aromatic carbocycles. The smallest absolute Gasteiger partial charge is 0.416 e. The molecule has 2 fully saturated rings. The van der Waals surface area contributed by atoms with E-state index in [-0.39, 0.29) is 37.1 Å². The van der Waals surface area contributed by atoms with Crippen molar-refractivity contribution in [2.45, 2.75) is 77.6 Å². The fourth-order valence-electron chi connectivity index (χ4n) is 6.92. The van der Waals surface area contributed by atoms with Crippen LogP contribution in [-0.4, -0.2) is 54.1 Å². The number of carbonyl (C=O) groups is 2. The van der Waals surface area contributed by atoms with Crippen LogP contribution < -0.4 is 4.74 Å². The summed E-state index contributed by atoms with van der Waals surface area (Å²) in [7, 11) is 0. The van der Waals surface area contributed by atoms with Gasteiger partial charge in [-0.15, -0.1) is 0 Å². The second-order valence-corrected chi connectivity index (χ2v) is 12.0. The highest BCUT2D eigenvalue weighted by molar-refractivity contribution is 5.89. The van der Waals surface area contributed by atoms with Crippen molar-refractivity contribution in [3.8, 4) is 5.75 Å². The zero-order valence-electron chi connectivity index (χ0n) is 24.0. The van der Waals surface area contributed by atoms with E-state index in [2.05, 4.69) is 24.8 Å². The third-order valence-electron chi connectivity index (χ3n) is 9.38. The minimum atomic E-state index is -4.45. The van der Waals surface area contributed by atoms with Gasteiger partial charge in [0, 0.05) is 11.6 Å². The summed E-state index contributed by atoms with van der Waals surface area (Å²) in [6.07, 6.45) is -0.0970. The number of rotatable bonds is 6. The average Bonchev–Trinajstić information content (AvgIpc) is 3.43. The van der Waals surface area contributed by atoms with Crippen molar-refractivity contribution < 1.29 is 32.2 Å². The van der Waals surface area contributed by atoms with Gasteiger partial charge in [-0.3, -0.25) is 4.79 Å². The quantitative estimate of drug-likeness (QED) is 0.364.